The molecule has 33 heavy (non-hydrogen) atoms. The van der Waals surface area contributed by atoms with E-state index >= 15 is 0 Å². The summed E-state index contributed by atoms with van der Waals surface area (Å²) in [7, 11) is 0. The highest BCUT2D eigenvalue weighted by molar-refractivity contribution is 7.99. The first-order valence-corrected chi connectivity index (χ1v) is 13.4. The van der Waals surface area contributed by atoms with Gasteiger partial charge in [0.05, 0.1) is 13.2 Å². The van der Waals surface area contributed by atoms with Crippen LogP contribution < -0.4 is 4.74 Å². The Hall–Kier alpha value is -1.94. The Morgan fingerprint density at radius 2 is 1.94 bits per heavy atom. The molecule has 0 radical (unpaired) electrons. The fourth-order valence-corrected chi connectivity index (χ4v) is 5.22. The molecule has 0 atom stereocenters. The van der Waals surface area contributed by atoms with Crippen LogP contribution in [0.5, 0.6) is 5.75 Å². The number of fused-ring (bicyclic) bond motifs is 1. The van der Waals surface area contributed by atoms with Crippen LogP contribution in [-0.2, 0) is 14.9 Å². The van der Waals surface area contributed by atoms with Crippen molar-refractivity contribution in [3.63, 3.8) is 0 Å². The largest absolute Gasteiger partial charge is 0.493 e. The summed E-state index contributed by atoms with van der Waals surface area (Å²) in [4.78, 5) is 13.0. The molecule has 4 heteroatoms. The molecule has 0 aliphatic carbocycles. The second-order valence-electron chi connectivity index (χ2n) is 9.44. The SMILES string of the molecule is CCCCCCOc1cc2c(cc1/C(C)=C/C=C/C(C)=C/C(=O)OCC)C(C)(C)CCCS2. The molecular weight excluding hydrogens is 428 g/mol. The zero-order valence-electron chi connectivity index (χ0n) is 21.5. The maximum absolute atomic E-state index is 11.6. The van der Waals surface area contributed by atoms with Gasteiger partial charge in [-0.25, -0.2) is 4.79 Å². The summed E-state index contributed by atoms with van der Waals surface area (Å²) < 4.78 is 11.3. The van der Waals surface area contributed by atoms with Gasteiger partial charge in [-0.15, -0.1) is 11.8 Å². The fourth-order valence-electron chi connectivity index (χ4n) is 4.03. The summed E-state index contributed by atoms with van der Waals surface area (Å²) in [5, 5.41) is 0. The average molecular weight is 471 g/mol. The Morgan fingerprint density at radius 1 is 1.15 bits per heavy atom. The van der Waals surface area contributed by atoms with Gasteiger partial charge in [0.15, 0.2) is 0 Å². The highest BCUT2D eigenvalue weighted by Gasteiger charge is 2.28. The zero-order chi connectivity index (χ0) is 24.3. The third kappa shape index (κ3) is 8.73. The molecule has 1 heterocycles. The number of hydrogen-bond donors (Lipinski definition) is 0. The first-order chi connectivity index (χ1) is 15.8. The van der Waals surface area contributed by atoms with Gasteiger partial charge < -0.3 is 9.47 Å². The Labute approximate surface area is 205 Å². The number of rotatable bonds is 11. The third-order valence-corrected chi connectivity index (χ3v) is 7.17. The number of hydrogen-bond acceptors (Lipinski definition) is 4. The van der Waals surface area contributed by atoms with Crippen LogP contribution in [0.2, 0.25) is 0 Å². The minimum absolute atomic E-state index is 0.155. The molecule has 0 saturated carbocycles. The van der Waals surface area contributed by atoms with Crippen molar-refractivity contribution in [2.45, 2.75) is 90.4 Å². The molecule has 0 unspecified atom stereocenters. The van der Waals surface area contributed by atoms with Gasteiger partial charge in [-0.2, -0.15) is 0 Å². The Balaban J connectivity index is 2.32. The van der Waals surface area contributed by atoms with Crippen LogP contribution >= 0.6 is 11.8 Å². The van der Waals surface area contributed by atoms with Crippen molar-refractivity contribution < 1.29 is 14.3 Å². The Morgan fingerprint density at radius 3 is 2.67 bits per heavy atom. The van der Waals surface area contributed by atoms with Crippen LogP contribution in [0.3, 0.4) is 0 Å². The molecule has 182 valence electrons. The monoisotopic (exact) mass is 470 g/mol. The summed E-state index contributed by atoms with van der Waals surface area (Å²) >= 11 is 1.96. The quantitative estimate of drug-likeness (QED) is 0.141. The van der Waals surface area contributed by atoms with E-state index in [1.165, 1.54) is 48.6 Å². The van der Waals surface area contributed by atoms with Crippen molar-refractivity contribution in [1.29, 1.82) is 0 Å². The highest BCUT2D eigenvalue weighted by Crippen LogP contribution is 2.44. The van der Waals surface area contributed by atoms with E-state index in [-0.39, 0.29) is 11.4 Å². The molecule has 3 nitrogen and oxygen atoms in total. The molecule has 1 aliphatic heterocycles. The number of carbonyl (C=O) groups excluding carboxylic acids is 1. The van der Waals surface area contributed by atoms with Gasteiger partial charge in [-0.3, -0.25) is 0 Å². The normalized spacial score (nSPS) is 16.4. The topological polar surface area (TPSA) is 35.5 Å². The van der Waals surface area contributed by atoms with Gasteiger partial charge in [-0.1, -0.05) is 58.3 Å². The number of carbonyl (C=O) groups is 1. The summed E-state index contributed by atoms with van der Waals surface area (Å²) in [6.45, 7) is 13.9. The maximum Gasteiger partial charge on any atom is 0.330 e. The summed E-state index contributed by atoms with van der Waals surface area (Å²) in [5.74, 6) is 1.84. The molecular formula is C29H42O3S. The average Bonchev–Trinajstić information content (AvgIpc) is 2.90. The lowest BCUT2D eigenvalue weighted by Gasteiger charge is -2.27. The molecule has 1 aliphatic rings. The predicted molar refractivity (Wildman–Crippen MR) is 142 cm³/mol. The number of esters is 1. The van der Waals surface area contributed by atoms with Gasteiger partial charge in [0.2, 0.25) is 0 Å². The molecule has 0 fully saturated rings. The van der Waals surface area contributed by atoms with Crippen LogP contribution in [0, 0.1) is 0 Å². The van der Waals surface area contributed by atoms with Crippen molar-refractivity contribution in [3.8, 4) is 5.75 Å². The second kappa shape index (κ2) is 13.7. The second-order valence-corrected chi connectivity index (χ2v) is 10.6. The van der Waals surface area contributed by atoms with Crippen molar-refractivity contribution in [1.82, 2.24) is 0 Å². The Kier molecular flexibility index (Phi) is 11.3. The molecule has 0 aromatic heterocycles. The number of allylic oxidation sites excluding steroid dienone is 5. The van der Waals surface area contributed by atoms with Crippen LogP contribution in [0.1, 0.15) is 91.2 Å². The van der Waals surface area contributed by atoms with Crippen molar-refractivity contribution in [2.75, 3.05) is 19.0 Å². The summed E-state index contributed by atoms with van der Waals surface area (Å²) in [6, 6.07) is 4.63. The number of thioether (sulfide) groups is 1. The summed E-state index contributed by atoms with van der Waals surface area (Å²) in [5.41, 5.74) is 4.77. The zero-order valence-corrected chi connectivity index (χ0v) is 22.3. The van der Waals surface area contributed by atoms with E-state index in [9.17, 15) is 4.79 Å². The molecule has 2 rings (SSSR count). The molecule has 0 bridgehead atoms. The maximum atomic E-state index is 11.6. The van der Waals surface area contributed by atoms with Crippen LogP contribution in [0.15, 0.2) is 46.9 Å². The standard InChI is InChI=1S/C29H42O3S/c1-7-9-10-11-17-32-26-21-27-25(29(5,6)16-13-18-33-27)20-24(26)23(4)15-12-14-22(3)19-28(30)31-8-2/h12,14-15,19-21H,7-11,13,16-18H2,1-6H3/b14-12+,22-19+,23-15+. The Bertz CT molecular complexity index is 877. The van der Waals surface area contributed by atoms with Crippen LogP contribution in [0.4, 0.5) is 0 Å². The first kappa shape index (κ1) is 27.3. The number of benzene rings is 1. The van der Waals surface area contributed by atoms with E-state index in [4.69, 9.17) is 9.47 Å². The molecule has 0 saturated heterocycles. The lowest BCUT2D eigenvalue weighted by Crippen LogP contribution is -2.17. The first-order valence-electron chi connectivity index (χ1n) is 12.4. The van der Waals surface area contributed by atoms with Crippen molar-refractivity contribution in [2.24, 2.45) is 0 Å². The van der Waals surface area contributed by atoms with E-state index in [1.54, 1.807) is 0 Å². The third-order valence-electron chi connectivity index (χ3n) is 6.03. The molecule has 0 spiro atoms. The molecule has 1 aromatic rings. The van der Waals surface area contributed by atoms with E-state index in [1.807, 2.05) is 37.8 Å². The van der Waals surface area contributed by atoms with E-state index in [2.05, 4.69) is 45.9 Å². The lowest BCUT2D eigenvalue weighted by atomic mass is 9.79. The fraction of sp³-hybridized carbons (Fsp3) is 0.552. The number of unbranched alkanes of at least 4 members (excludes halogenated alkanes) is 3. The van der Waals surface area contributed by atoms with Crippen molar-refractivity contribution in [3.05, 3.63) is 53.1 Å². The minimum Gasteiger partial charge on any atom is -0.493 e. The van der Waals surface area contributed by atoms with E-state index in [0.717, 1.165) is 41.2 Å². The predicted octanol–water partition coefficient (Wildman–Crippen LogP) is 8.28. The van der Waals surface area contributed by atoms with Gasteiger partial charge in [0, 0.05) is 16.5 Å². The van der Waals surface area contributed by atoms with Crippen LogP contribution in [-0.4, -0.2) is 24.9 Å². The highest BCUT2D eigenvalue weighted by atomic mass is 32.2. The van der Waals surface area contributed by atoms with Gasteiger partial charge in [-0.05, 0) is 80.0 Å². The molecule has 0 amide bonds. The molecule has 0 N–H and O–H groups in total. The lowest BCUT2D eigenvalue weighted by molar-refractivity contribution is -0.137. The van der Waals surface area contributed by atoms with Crippen LogP contribution in [0.25, 0.3) is 5.57 Å². The van der Waals surface area contributed by atoms with E-state index < -0.39 is 0 Å². The van der Waals surface area contributed by atoms with Gasteiger partial charge >= 0.3 is 5.97 Å². The smallest absolute Gasteiger partial charge is 0.330 e. The minimum atomic E-state index is -0.301. The van der Waals surface area contributed by atoms with Gasteiger partial charge in [0.25, 0.3) is 0 Å². The van der Waals surface area contributed by atoms with E-state index in [0.29, 0.717) is 6.61 Å². The number of ether oxygens (including phenoxy) is 2. The van der Waals surface area contributed by atoms with Crippen molar-refractivity contribution >= 4 is 23.3 Å². The molecule has 1 aromatic carbocycles. The van der Waals surface area contributed by atoms with Gasteiger partial charge in [0.1, 0.15) is 5.75 Å². The summed E-state index contributed by atoms with van der Waals surface area (Å²) in [6.07, 6.45) is 14.8.